The standard InChI is InChI=1S/C16H16N2O/c1-12-4-2-7-15(10-12)18-16(19)9-8-13-5-3-6-14(17)11-13/h2-11H,17H2,1H3,(H,18,19)/b9-8+. The first-order valence-electron chi connectivity index (χ1n) is 6.05. The first kappa shape index (κ1) is 12.9. The number of amides is 1. The van der Waals surface area contributed by atoms with Crippen LogP contribution in [0.15, 0.2) is 54.6 Å². The summed E-state index contributed by atoms with van der Waals surface area (Å²) in [5.41, 5.74) is 9.16. The third kappa shape index (κ3) is 4.00. The Morgan fingerprint density at radius 2 is 1.95 bits per heavy atom. The fourth-order valence-electron chi connectivity index (χ4n) is 1.74. The molecule has 2 rings (SSSR count). The molecule has 0 aliphatic heterocycles. The second-order valence-corrected chi connectivity index (χ2v) is 4.36. The normalized spacial score (nSPS) is 10.6. The highest BCUT2D eigenvalue weighted by atomic mass is 16.1. The Labute approximate surface area is 112 Å². The number of nitrogen functional groups attached to an aromatic ring is 1. The number of hydrogen-bond acceptors (Lipinski definition) is 2. The van der Waals surface area contributed by atoms with E-state index in [4.69, 9.17) is 5.73 Å². The SMILES string of the molecule is Cc1cccc(NC(=O)/C=C/c2cccc(N)c2)c1. The molecule has 0 heterocycles. The molecular formula is C16H16N2O. The first-order valence-corrected chi connectivity index (χ1v) is 6.05. The third-order valence-corrected chi connectivity index (χ3v) is 2.62. The summed E-state index contributed by atoms with van der Waals surface area (Å²) in [6.07, 6.45) is 3.23. The van der Waals surface area contributed by atoms with Gasteiger partial charge in [0.1, 0.15) is 0 Å². The highest BCUT2D eigenvalue weighted by molar-refractivity contribution is 6.02. The number of anilines is 2. The van der Waals surface area contributed by atoms with E-state index in [2.05, 4.69) is 5.32 Å². The van der Waals surface area contributed by atoms with E-state index in [9.17, 15) is 4.79 Å². The van der Waals surface area contributed by atoms with Crippen LogP contribution in [0.3, 0.4) is 0 Å². The largest absolute Gasteiger partial charge is 0.399 e. The van der Waals surface area contributed by atoms with E-state index < -0.39 is 0 Å². The minimum atomic E-state index is -0.159. The summed E-state index contributed by atoms with van der Waals surface area (Å²) in [6.45, 7) is 1.98. The molecule has 0 aromatic heterocycles. The van der Waals surface area contributed by atoms with Crippen LogP contribution in [0.5, 0.6) is 0 Å². The first-order chi connectivity index (χ1) is 9.13. The zero-order chi connectivity index (χ0) is 13.7. The zero-order valence-electron chi connectivity index (χ0n) is 10.8. The third-order valence-electron chi connectivity index (χ3n) is 2.62. The van der Waals surface area contributed by atoms with Gasteiger partial charge in [-0.3, -0.25) is 4.79 Å². The summed E-state index contributed by atoms with van der Waals surface area (Å²) in [4.78, 5) is 11.8. The summed E-state index contributed by atoms with van der Waals surface area (Å²) < 4.78 is 0. The predicted molar refractivity (Wildman–Crippen MR) is 79.7 cm³/mol. The molecule has 0 bridgehead atoms. The van der Waals surface area contributed by atoms with Crippen LogP contribution in [0, 0.1) is 6.92 Å². The Kier molecular flexibility index (Phi) is 3.98. The molecule has 96 valence electrons. The molecule has 2 aromatic carbocycles. The van der Waals surface area contributed by atoms with Crippen molar-refractivity contribution in [2.45, 2.75) is 6.92 Å². The van der Waals surface area contributed by atoms with Crippen molar-refractivity contribution in [2.24, 2.45) is 0 Å². The van der Waals surface area contributed by atoms with Crippen molar-refractivity contribution in [3.63, 3.8) is 0 Å². The number of benzene rings is 2. The van der Waals surface area contributed by atoms with Gasteiger partial charge >= 0.3 is 0 Å². The van der Waals surface area contributed by atoms with Crippen molar-refractivity contribution < 1.29 is 4.79 Å². The average Bonchev–Trinajstić information content (AvgIpc) is 2.36. The maximum absolute atomic E-state index is 11.8. The predicted octanol–water partition coefficient (Wildman–Crippen LogP) is 3.23. The lowest BCUT2D eigenvalue weighted by Crippen LogP contribution is -2.07. The Morgan fingerprint density at radius 3 is 2.68 bits per heavy atom. The smallest absolute Gasteiger partial charge is 0.248 e. The maximum atomic E-state index is 11.8. The van der Waals surface area contributed by atoms with E-state index in [1.807, 2.05) is 55.5 Å². The number of hydrogen-bond donors (Lipinski definition) is 2. The van der Waals surface area contributed by atoms with E-state index in [-0.39, 0.29) is 5.91 Å². The maximum Gasteiger partial charge on any atom is 0.248 e. The number of carbonyl (C=O) groups is 1. The molecule has 0 fully saturated rings. The molecule has 1 amide bonds. The van der Waals surface area contributed by atoms with Gasteiger partial charge in [-0.1, -0.05) is 24.3 Å². The molecule has 0 atom stereocenters. The summed E-state index contributed by atoms with van der Waals surface area (Å²) in [6, 6.07) is 15.1. The van der Waals surface area contributed by atoms with Gasteiger partial charge in [-0.05, 0) is 48.4 Å². The van der Waals surface area contributed by atoms with Gasteiger partial charge in [0.15, 0.2) is 0 Å². The van der Waals surface area contributed by atoms with Crippen molar-refractivity contribution in [1.29, 1.82) is 0 Å². The van der Waals surface area contributed by atoms with Crippen LogP contribution >= 0.6 is 0 Å². The van der Waals surface area contributed by atoms with Crippen LogP contribution in [0.25, 0.3) is 6.08 Å². The number of nitrogens with two attached hydrogens (primary N) is 1. The molecule has 3 nitrogen and oxygen atoms in total. The lowest BCUT2D eigenvalue weighted by Gasteiger charge is -2.02. The van der Waals surface area contributed by atoms with Crippen LogP contribution in [0.1, 0.15) is 11.1 Å². The van der Waals surface area contributed by atoms with Gasteiger partial charge in [0.2, 0.25) is 5.91 Å². The van der Waals surface area contributed by atoms with E-state index in [0.29, 0.717) is 5.69 Å². The Morgan fingerprint density at radius 1 is 1.16 bits per heavy atom. The summed E-state index contributed by atoms with van der Waals surface area (Å²) in [5, 5.41) is 2.81. The van der Waals surface area contributed by atoms with Gasteiger partial charge in [0.05, 0.1) is 0 Å². The van der Waals surface area contributed by atoms with E-state index in [1.165, 1.54) is 6.08 Å². The van der Waals surface area contributed by atoms with Crippen molar-refractivity contribution in [3.05, 3.63) is 65.7 Å². The quantitative estimate of drug-likeness (QED) is 0.651. The van der Waals surface area contributed by atoms with Crippen LogP contribution in [0.4, 0.5) is 11.4 Å². The fourth-order valence-corrected chi connectivity index (χ4v) is 1.74. The van der Waals surface area contributed by atoms with Crippen LogP contribution in [-0.2, 0) is 4.79 Å². The molecule has 2 aromatic rings. The molecule has 0 aliphatic rings. The highest BCUT2D eigenvalue weighted by Gasteiger charge is 1.97. The second-order valence-electron chi connectivity index (χ2n) is 4.36. The van der Waals surface area contributed by atoms with E-state index in [1.54, 1.807) is 6.08 Å². The Bertz CT molecular complexity index is 618. The van der Waals surface area contributed by atoms with E-state index in [0.717, 1.165) is 16.8 Å². The lowest BCUT2D eigenvalue weighted by molar-refractivity contribution is -0.111. The number of carbonyl (C=O) groups excluding carboxylic acids is 1. The van der Waals surface area contributed by atoms with Crippen LogP contribution < -0.4 is 11.1 Å². The molecule has 3 heteroatoms. The van der Waals surface area contributed by atoms with Crippen molar-refractivity contribution in [1.82, 2.24) is 0 Å². The molecule has 0 saturated heterocycles. The molecule has 0 aliphatic carbocycles. The minimum absolute atomic E-state index is 0.159. The topological polar surface area (TPSA) is 55.1 Å². The zero-order valence-corrected chi connectivity index (χ0v) is 10.8. The van der Waals surface area contributed by atoms with E-state index >= 15 is 0 Å². The second kappa shape index (κ2) is 5.87. The van der Waals surface area contributed by atoms with Crippen molar-refractivity contribution in [3.8, 4) is 0 Å². The molecule has 0 saturated carbocycles. The molecule has 3 N–H and O–H groups in total. The molecular weight excluding hydrogens is 236 g/mol. The Hall–Kier alpha value is -2.55. The van der Waals surface area contributed by atoms with Gasteiger partial charge in [-0.2, -0.15) is 0 Å². The van der Waals surface area contributed by atoms with Crippen molar-refractivity contribution >= 4 is 23.4 Å². The lowest BCUT2D eigenvalue weighted by atomic mass is 10.2. The highest BCUT2D eigenvalue weighted by Crippen LogP contribution is 2.11. The minimum Gasteiger partial charge on any atom is -0.399 e. The monoisotopic (exact) mass is 252 g/mol. The van der Waals surface area contributed by atoms with Gasteiger partial charge in [0, 0.05) is 17.5 Å². The number of nitrogens with one attached hydrogen (secondary N) is 1. The molecule has 0 unspecified atom stereocenters. The summed E-state index contributed by atoms with van der Waals surface area (Å²) in [7, 11) is 0. The Balaban J connectivity index is 2.01. The summed E-state index contributed by atoms with van der Waals surface area (Å²) in [5.74, 6) is -0.159. The molecule has 0 spiro atoms. The van der Waals surface area contributed by atoms with Crippen molar-refractivity contribution in [2.75, 3.05) is 11.1 Å². The fraction of sp³-hybridized carbons (Fsp3) is 0.0625. The van der Waals surface area contributed by atoms with Crippen LogP contribution in [-0.4, -0.2) is 5.91 Å². The van der Waals surface area contributed by atoms with Gasteiger partial charge in [-0.25, -0.2) is 0 Å². The van der Waals surface area contributed by atoms with Crippen LogP contribution in [0.2, 0.25) is 0 Å². The average molecular weight is 252 g/mol. The molecule has 0 radical (unpaired) electrons. The van der Waals surface area contributed by atoms with Gasteiger partial charge in [-0.15, -0.1) is 0 Å². The number of rotatable bonds is 3. The summed E-state index contributed by atoms with van der Waals surface area (Å²) >= 11 is 0. The van der Waals surface area contributed by atoms with Gasteiger partial charge < -0.3 is 11.1 Å². The van der Waals surface area contributed by atoms with Gasteiger partial charge in [0.25, 0.3) is 0 Å². The molecule has 19 heavy (non-hydrogen) atoms. The number of aryl methyl sites for hydroxylation is 1.